The third-order valence-corrected chi connectivity index (χ3v) is 7.80. The number of hydrogen-bond acceptors (Lipinski definition) is 6. The summed E-state index contributed by atoms with van der Waals surface area (Å²) in [6.45, 7) is 10.1. The molecule has 1 aromatic carbocycles. The molecule has 0 aliphatic carbocycles. The lowest BCUT2D eigenvalue weighted by molar-refractivity contribution is -0.145. The molecule has 1 fully saturated rings. The minimum Gasteiger partial charge on any atom is -0.469 e. The van der Waals surface area contributed by atoms with Gasteiger partial charge in [-0.2, -0.15) is 4.31 Å². The van der Waals surface area contributed by atoms with E-state index in [1.807, 2.05) is 6.92 Å². The predicted molar refractivity (Wildman–Crippen MR) is 121 cm³/mol. The van der Waals surface area contributed by atoms with Gasteiger partial charge in [0.25, 0.3) is 5.91 Å². The molecule has 9 heteroatoms. The third kappa shape index (κ3) is 5.57. The van der Waals surface area contributed by atoms with Crippen LogP contribution in [0.1, 0.15) is 50.9 Å². The molecule has 0 N–H and O–H groups in total. The molecule has 0 radical (unpaired) electrons. The van der Waals surface area contributed by atoms with Gasteiger partial charge in [0, 0.05) is 45.0 Å². The van der Waals surface area contributed by atoms with Crippen molar-refractivity contribution in [2.24, 2.45) is 5.92 Å². The fraction of sp³-hybridized carbons (Fsp3) is 0.636. The fourth-order valence-corrected chi connectivity index (χ4v) is 5.41. The highest BCUT2D eigenvalue weighted by Crippen LogP contribution is 2.29. The minimum absolute atomic E-state index is 0.111. The molecule has 1 aromatic rings. The third-order valence-electron chi connectivity index (χ3n) is 5.76. The second kappa shape index (κ2) is 10.9. The van der Waals surface area contributed by atoms with Crippen molar-refractivity contribution < 1.29 is 22.7 Å². The number of methoxy groups -OCH3 is 1. The molecule has 1 heterocycles. The first-order valence-corrected chi connectivity index (χ1v) is 12.4. The average molecular weight is 454 g/mol. The van der Waals surface area contributed by atoms with Crippen molar-refractivity contribution in [3.05, 3.63) is 23.8 Å². The van der Waals surface area contributed by atoms with Crippen molar-refractivity contribution in [2.75, 3.05) is 51.3 Å². The SMILES string of the molecule is CCN(CC(C)C(=O)OC)C(=O)c1cc(S(=O)(=O)N(CC)CC)ccc1N1CCCC1. The van der Waals surface area contributed by atoms with Gasteiger partial charge in [0.15, 0.2) is 0 Å². The first-order valence-electron chi connectivity index (χ1n) is 11.0. The highest BCUT2D eigenvalue weighted by molar-refractivity contribution is 7.89. The highest BCUT2D eigenvalue weighted by Gasteiger charge is 2.29. The van der Waals surface area contributed by atoms with Crippen LogP contribution in [-0.2, 0) is 19.6 Å². The maximum Gasteiger partial charge on any atom is 0.310 e. The van der Waals surface area contributed by atoms with Crippen LogP contribution in [0.2, 0.25) is 0 Å². The van der Waals surface area contributed by atoms with Gasteiger partial charge in [-0.05, 0) is 38.0 Å². The summed E-state index contributed by atoms with van der Waals surface area (Å²) >= 11 is 0. The van der Waals surface area contributed by atoms with E-state index in [0.717, 1.165) is 31.6 Å². The predicted octanol–water partition coefficient (Wildman–Crippen LogP) is 2.59. The topological polar surface area (TPSA) is 87.2 Å². The Morgan fingerprint density at radius 3 is 2.23 bits per heavy atom. The van der Waals surface area contributed by atoms with Crippen molar-refractivity contribution >= 4 is 27.6 Å². The van der Waals surface area contributed by atoms with E-state index in [0.29, 0.717) is 25.2 Å². The molecule has 2 rings (SSSR count). The Morgan fingerprint density at radius 1 is 1.10 bits per heavy atom. The fourth-order valence-electron chi connectivity index (χ4n) is 3.93. The van der Waals surface area contributed by atoms with Crippen LogP contribution in [0.3, 0.4) is 0 Å². The number of carbonyl (C=O) groups is 2. The zero-order valence-electron chi connectivity index (χ0n) is 19.3. The van der Waals surface area contributed by atoms with Gasteiger partial charge in [-0.1, -0.05) is 20.8 Å². The maximum atomic E-state index is 13.5. The number of hydrogen-bond donors (Lipinski definition) is 0. The number of rotatable bonds is 10. The van der Waals surface area contributed by atoms with Crippen LogP contribution in [0.5, 0.6) is 0 Å². The van der Waals surface area contributed by atoms with Crippen LogP contribution in [0, 0.1) is 5.92 Å². The number of carbonyl (C=O) groups excluding carboxylic acids is 2. The zero-order valence-corrected chi connectivity index (χ0v) is 20.1. The molecular formula is C22H35N3O5S. The zero-order chi connectivity index (χ0) is 23.2. The van der Waals surface area contributed by atoms with E-state index >= 15 is 0 Å². The Morgan fingerprint density at radius 2 is 1.71 bits per heavy atom. The number of ether oxygens (including phenoxy) is 1. The van der Waals surface area contributed by atoms with Crippen molar-refractivity contribution in [2.45, 2.75) is 45.4 Å². The molecule has 8 nitrogen and oxygen atoms in total. The molecule has 1 unspecified atom stereocenters. The summed E-state index contributed by atoms with van der Waals surface area (Å²) in [7, 11) is -2.38. The first-order chi connectivity index (χ1) is 14.7. The lowest BCUT2D eigenvalue weighted by atomic mass is 10.1. The number of benzene rings is 1. The van der Waals surface area contributed by atoms with Crippen LogP contribution in [0.4, 0.5) is 5.69 Å². The Balaban J connectivity index is 2.50. The first kappa shape index (κ1) is 25.1. The normalized spacial score (nSPS) is 15.2. The lowest BCUT2D eigenvalue weighted by Gasteiger charge is -2.28. The molecule has 174 valence electrons. The standard InChI is InChI=1S/C22H35N3O5S/c1-6-23(16-17(4)22(27)30-5)21(26)19-15-18(31(28,29)25(7-2)8-3)11-12-20(19)24-13-9-10-14-24/h11-12,15,17H,6-10,13-14,16H2,1-5H3. The van der Waals surface area contributed by atoms with Gasteiger partial charge < -0.3 is 14.5 Å². The second-order valence-electron chi connectivity index (χ2n) is 7.73. The van der Waals surface area contributed by atoms with Gasteiger partial charge in [0.05, 0.1) is 23.5 Å². The largest absolute Gasteiger partial charge is 0.469 e. The average Bonchev–Trinajstić information content (AvgIpc) is 3.31. The quantitative estimate of drug-likeness (QED) is 0.506. The van der Waals surface area contributed by atoms with E-state index in [1.165, 1.54) is 17.5 Å². The Bertz CT molecular complexity index is 877. The van der Waals surface area contributed by atoms with Gasteiger partial charge in [0.2, 0.25) is 10.0 Å². The smallest absolute Gasteiger partial charge is 0.310 e. The van der Waals surface area contributed by atoms with E-state index in [4.69, 9.17) is 4.74 Å². The molecule has 1 aliphatic heterocycles. The molecule has 31 heavy (non-hydrogen) atoms. The number of nitrogens with zero attached hydrogens (tertiary/aromatic N) is 3. The molecule has 1 amide bonds. The van der Waals surface area contributed by atoms with Crippen molar-refractivity contribution in [3.8, 4) is 0 Å². The van der Waals surface area contributed by atoms with E-state index < -0.39 is 15.9 Å². The van der Waals surface area contributed by atoms with Crippen LogP contribution >= 0.6 is 0 Å². The molecule has 0 bridgehead atoms. The Hall–Kier alpha value is -2.13. The van der Waals surface area contributed by atoms with Gasteiger partial charge in [0.1, 0.15) is 0 Å². The van der Waals surface area contributed by atoms with Crippen molar-refractivity contribution in [1.29, 1.82) is 0 Å². The molecule has 0 saturated carbocycles. The van der Waals surface area contributed by atoms with Crippen LogP contribution in [-0.4, -0.2) is 75.9 Å². The van der Waals surface area contributed by atoms with Gasteiger partial charge in [-0.3, -0.25) is 9.59 Å². The second-order valence-corrected chi connectivity index (χ2v) is 9.67. The summed E-state index contributed by atoms with van der Waals surface area (Å²) in [5.41, 5.74) is 1.10. The molecular weight excluding hydrogens is 418 g/mol. The van der Waals surface area contributed by atoms with E-state index in [-0.39, 0.29) is 23.3 Å². The summed E-state index contributed by atoms with van der Waals surface area (Å²) in [6.07, 6.45) is 2.06. The van der Waals surface area contributed by atoms with Crippen LogP contribution in [0.15, 0.2) is 23.1 Å². The molecule has 0 spiro atoms. The Labute approximate surface area is 186 Å². The van der Waals surface area contributed by atoms with Crippen molar-refractivity contribution in [1.82, 2.24) is 9.21 Å². The monoisotopic (exact) mass is 453 g/mol. The van der Waals surface area contributed by atoms with Crippen molar-refractivity contribution in [3.63, 3.8) is 0 Å². The maximum absolute atomic E-state index is 13.5. The number of sulfonamides is 1. The van der Waals surface area contributed by atoms with Gasteiger partial charge in [-0.25, -0.2) is 8.42 Å². The number of esters is 1. The van der Waals surface area contributed by atoms with E-state index in [2.05, 4.69) is 4.90 Å². The highest BCUT2D eigenvalue weighted by atomic mass is 32.2. The van der Waals surface area contributed by atoms with Gasteiger partial charge >= 0.3 is 5.97 Å². The number of amides is 1. The summed E-state index contributed by atoms with van der Waals surface area (Å²) in [4.78, 5) is 29.2. The molecule has 1 aliphatic rings. The Kier molecular flexibility index (Phi) is 8.88. The molecule has 1 saturated heterocycles. The molecule has 0 aromatic heterocycles. The summed E-state index contributed by atoms with van der Waals surface area (Å²) in [6, 6.07) is 4.83. The minimum atomic E-state index is -3.70. The summed E-state index contributed by atoms with van der Waals surface area (Å²) in [5.74, 6) is -1.15. The molecule has 1 atom stereocenters. The van der Waals surface area contributed by atoms with Gasteiger partial charge in [-0.15, -0.1) is 0 Å². The van der Waals surface area contributed by atoms with Crippen LogP contribution in [0.25, 0.3) is 0 Å². The lowest BCUT2D eigenvalue weighted by Crippen LogP contribution is -2.38. The van der Waals surface area contributed by atoms with E-state index in [9.17, 15) is 18.0 Å². The van der Waals surface area contributed by atoms with E-state index in [1.54, 1.807) is 37.8 Å². The van der Waals surface area contributed by atoms with Crippen LogP contribution < -0.4 is 4.90 Å². The number of anilines is 1. The summed E-state index contributed by atoms with van der Waals surface area (Å²) < 4.78 is 32.3. The summed E-state index contributed by atoms with van der Waals surface area (Å²) in [5, 5.41) is 0.